The summed E-state index contributed by atoms with van der Waals surface area (Å²) in [4.78, 5) is 13.5. The van der Waals surface area contributed by atoms with Crippen LogP contribution in [0.1, 0.15) is 33.6 Å². The third-order valence-corrected chi connectivity index (χ3v) is 2.60. The zero-order chi connectivity index (χ0) is 11.8. The zero-order valence-electron chi connectivity index (χ0n) is 10.5. The highest BCUT2D eigenvalue weighted by molar-refractivity contribution is 5.74. The van der Waals surface area contributed by atoms with Crippen LogP contribution < -0.4 is 5.32 Å². The number of hydrogen-bond donors (Lipinski definition) is 1. The molecule has 0 bridgehead atoms. The molecule has 1 atom stereocenters. The molecule has 0 radical (unpaired) electrons. The van der Waals surface area contributed by atoms with Gasteiger partial charge in [-0.05, 0) is 19.8 Å². The molecule has 0 aromatic rings. The quantitative estimate of drug-likeness (QED) is 0.736. The molecule has 0 spiro atoms. The maximum atomic E-state index is 11.7. The molecule has 1 N–H and O–H groups in total. The molecule has 0 heterocycles. The molecular formula is C11H24N2O2. The molecule has 4 heteroatoms. The number of nitrogens with one attached hydrogen (secondary N) is 1. The van der Waals surface area contributed by atoms with Gasteiger partial charge >= 0.3 is 6.03 Å². The Morgan fingerprint density at radius 2 is 1.93 bits per heavy atom. The van der Waals surface area contributed by atoms with E-state index in [2.05, 4.69) is 19.2 Å². The van der Waals surface area contributed by atoms with Crippen LogP contribution in [-0.4, -0.2) is 43.8 Å². The van der Waals surface area contributed by atoms with Crippen LogP contribution in [0.2, 0.25) is 0 Å². The van der Waals surface area contributed by atoms with Gasteiger partial charge < -0.3 is 15.0 Å². The Bertz CT molecular complexity index is 181. The lowest BCUT2D eigenvalue weighted by atomic mass is 10.1. The first kappa shape index (κ1) is 14.2. The molecule has 0 saturated carbocycles. The number of nitrogens with zero attached hydrogens (tertiary/aromatic N) is 1. The van der Waals surface area contributed by atoms with E-state index in [9.17, 15) is 4.79 Å². The molecule has 0 aliphatic heterocycles. The monoisotopic (exact) mass is 216 g/mol. The molecule has 0 aliphatic rings. The van der Waals surface area contributed by atoms with Crippen molar-refractivity contribution in [3.63, 3.8) is 0 Å². The number of ether oxygens (including phenoxy) is 1. The van der Waals surface area contributed by atoms with Gasteiger partial charge in [0.1, 0.15) is 0 Å². The van der Waals surface area contributed by atoms with Crippen LogP contribution in [0.25, 0.3) is 0 Å². The van der Waals surface area contributed by atoms with E-state index in [1.54, 1.807) is 12.0 Å². The van der Waals surface area contributed by atoms with Crippen molar-refractivity contribution < 1.29 is 9.53 Å². The molecule has 0 aromatic heterocycles. The Morgan fingerprint density at radius 3 is 2.33 bits per heavy atom. The van der Waals surface area contributed by atoms with E-state index in [1.807, 2.05) is 14.0 Å². The highest BCUT2D eigenvalue weighted by Crippen LogP contribution is 2.06. The largest absolute Gasteiger partial charge is 0.383 e. The minimum atomic E-state index is -0.0201. The van der Waals surface area contributed by atoms with Gasteiger partial charge in [0.05, 0.1) is 12.6 Å². The van der Waals surface area contributed by atoms with E-state index in [4.69, 9.17) is 4.74 Å². The number of carbonyl (C=O) groups is 1. The number of hydrogen-bond acceptors (Lipinski definition) is 2. The van der Waals surface area contributed by atoms with E-state index in [0.29, 0.717) is 12.6 Å². The molecule has 0 fully saturated rings. The summed E-state index contributed by atoms with van der Waals surface area (Å²) < 4.78 is 4.96. The highest BCUT2D eigenvalue weighted by atomic mass is 16.5. The molecule has 4 nitrogen and oxygen atoms in total. The number of urea groups is 1. The standard InChI is InChI=1S/C11H24N2O2/c1-6-10(7-2)13(4)11(14)12-9(3)8-15-5/h9-10H,6-8H2,1-5H3,(H,12,14)/t9-/m0/s1. The summed E-state index contributed by atoms with van der Waals surface area (Å²) in [6.45, 7) is 6.66. The Labute approximate surface area is 93.0 Å². The van der Waals surface area contributed by atoms with E-state index in [1.165, 1.54) is 0 Å². The molecular weight excluding hydrogens is 192 g/mol. The van der Waals surface area contributed by atoms with Gasteiger partial charge in [-0.2, -0.15) is 0 Å². The second-order valence-electron chi connectivity index (χ2n) is 3.89. The summed E-state index contributed by atoms with van der Waals surface area (Å²) in [6.07, 6.45) is 1.97. The topological polar surface area (TPSA) is 41.6 Å². The predicted molar refractivity (Wildman–Crippen MR) is 62.0 cm³/mol. The van der Waals surface area contributed by atoms with Gasteiger partial charge in [-0.15, -0.1) is 0 Å². The molecule has 0 unspecified atom stereocenters. The Balaban J connectivity index is 4.07. The molecule has 15 heavy (non-hydrogen) atoms. The minimum absolute atomic E-state index is 0.0201. The summed E-state index contributed by atoms with van der Waals surface area (Å²) in [5.41, 5.74) is 0. The van der Waals surface area contributed by atoms with Gasteiger partial charge in [-0.25, -0.2) is 4.79 Å². The lowest BCUT2D eigenvalue weighted by Gasteiger charge is -2.27. The van der Waals surface area contributed by atoms with Crippen molar-refractivity contribution in [1.82, 2.24) is 10.2 Å². The second kappa shape index (κ2) is 7.51. The van der Waals surface area contributed by atoms with Crippen LogP contribution in [0, 0.1) is 0 Å². The fourth-order valence-electron chi connectivity index (χ4n) is 1.61. The van der Waals surface area contributed by atoms with E-state index in [-0.39, 0.29) is 12.1 Å². The van der Waals surface area contributed by atoms with Crippen molar-refractivity contribution in [2.75, 3.05) is 20.8 Å². The van der Waals surface area contributed by atoms with Gasteiger partial charge in [-0.3, -0.25) is 0 Å². The third-order valence-electron chi connectivity index (χ3n) is 2.60. The number of methoxy groups -OCH3 is 1. The Morgan fingerprint density at radius 1 is 1.40 bits per heavy atom. The lowest BCUT2D eigenvalue weighted by Crippen LogP contribution is -2.47. The SMILES string of the molecule is CCC(CC)N(C)C(=O)N[C@@H](C)COC. The number of rotatable bonds is 6. The van der Waals surface area contributed by atoms with Crippen LogP contribution in [0.5, 0.6) is 0 Å². The Kier molecular flexibility index (Phi) is 7.13. The molecule has 0 aromatic carbocycles. The lowest BCUT2D eigenvalue weighted by molar-refractivity contribution is 0.155. The molecule has 90 valence electrons. The highest BCUT2D eigenvalue weighted by Gasteiger charge is 2.17. The first-order chi connectivity index (χ1) is 7.06. The molecule has 0 rings (SSSR count). The molecule has 0 aliphatic carbocycles. The van der Waals surface area contributed by atoms with E-state index in [0.717, 1.165) is 12.8 Å². The van der Waals surface area contributed by atoms with E-state index >= 15 is 0 Å². The average molecular weight is 216 g/mol. The summed E-state index contributed by atoms with van der Waals surface area (Å²) in [5.74, 6) is 0. The third kappa shape index (κ3) is 5.02. The summed E-state index contributed by atoms with van der Waals surface area (Å²) in [7, 11) is 3.47. The predicted octanol–water partition coefficient (Wildman–Crippen LogP) is 1.85. The van der Waals surface area contributed by atoms with Gasteiger partial charge in [0.15, 0.2) is 0 Å². The van der Waals surface area contributed by atoms with Gasteiger partial charge in [0.25, 0.3) is 0 Å². The summed E-state index contributed by atoms with van der Waals surface area (Å²) >= 11 is 0. The van der Waals surface area contributed by atoms with Crippen molar-refractivity contribution in [3.8, 4) is 0 Å². The summed E-state index contributed by atoms with van der Waals surface area (Å²) in [5, 5.41) is 2.89. The first-order valence-electron chi connectivity index (χ1n) is 5.59. The maximum Gasteiger partial charge on any atom is 0.317 e. The van der Waals surface area contributed by atoms with Crippen LogP contribution in [0.3, 0.4) is 0 Å². The minimum Gasteiger partial charge on any atom is -0.383 e. The zero-order valence-corrected chi connectivity index (χ0v) is 10.5. The number of amides is 2. The van der Waals surface area contributed by atoms with Crippen LogP contribution in [0.4, 0.5) is 4.79 Å². The van der Waals surface area contributed by atoms with Crippen LogP contribution in [-0.2, 0) is 4.74 Å². The number of carbonyl (C=O) groups excluding carboxylic acids is 1. The van der Waals surface area contributed by atoms with Crippen LogP contribution >= 0.6 is 0 Å². The van der Waals surface area contributed by atoms with Crippen LogP contribution in [0.15, 0.2) is 0 Å². The molecule has 0 saturated heterocycles. The smallest absolute Gasteiger partial charge is 0.317 e. The van der Waals surface area contributed by atoms with Crippen molar-refractivity contribution in [1.29, 1.82) is 0 Å². The normalized spacial score (nSPS) is 12.7. The van der Waals surface area contributed by atoms with Crippen molar-refractivity contribution in [3.05, 3.63) is 0 Å². The van der Waals surface area contributed by atoms with Crippen molar-refractivity contribution >= 4 is 6.03 Å². The van der Waals surface area contributed by atoms with Crippen molar-refractivity contribution in [2.24, 2.45) is 0 Å². The molecule has 2 amide bonds. The summed E-state index contributed by atoms with van der Waals surface area (Å²) in [6, 6.07) is 0.354. The van der Waals surface area contributed by atoms with Gasteiger partial charge in [0.2, 0.25) is 0 Å². The van der Waals surface area contributed by atoms with Gasteiger partial charge in [-0.1, -0.05) is 13.8 Å². The average Bonchev–Trinajstić information content (AvgIpc) is 2.19. The van der Waals surface area contributed by atoms with E-state index < -0.39 is 0 Å². The Hall–Kier alpha value is -0.770. The van der Waals surface area contributed by atoms with Gasteiger partial charge in [0, 0.05) is 20.2 Å². The van der Waals surface area contributed by atoms with Crippen molar-refractivity contribution in [2.45, 2.75) is 45.7 Å². The second-order valence-corrected chi connectivity index (χ2v) is 3.89. The fraction of sp³-hybridized carbons (Fsp3) is 0.909. The first-order valence-corrected chi connectivity index (χ1v) is 5.59. The fourth-order valence-corrected chi connectivity index (χ4v) is 1.61. The maximum absolute atomic E-state index is 11.7.